The van der Waals surface area contributed by atoms with Crippen molar-refractivity contribution in [2.75, 3.05) is 5.32 Å². The maximum atomic E-state index is 11.9. The molecule has 19 heavy (non-hydrogen) atoms. The van der Waals surface area contributed by atoms with Gasteiger partial charge in [0.2, 0.25) is 5.95 Å². The zero-order chi connectivity index (χ0) is 13.7. The monoisotopic (exact) mass is 292 g/mol. The number of carbonyl (C=O) groups is 1. The van der Waals surface area contributed by atoms with Crippen molar-refractivity contribution in [3.8, 4) is 0 Å². The fourth-order valence-electron chi connectivity index (χ4n) is 1.30. The first-order chi connectivity index (χ1) is 9.15. The molecule has 1 aromatic heterocycles. The molecule has 1 aromatic carbocycles. The number of benzene rings is 1. The van der Waals surface area contributed by atoms with Crippen molar-refractivity contribution in [2.24, 2.45) is 0 Å². The van der Waals surface area contributed by atoms with Gasteiger partial charge in [0.1, 0.15) is 0 Å². The number of amides is 1. The van der Waals surface area contributed by atoms with E-state index < -0.39 is 0 Å². The zero-order valence-corrected chi connectivity index (χ0v) is 11.2. The van der Waals surface area contributed by atoms with Gasteiger partial charge in [-0.2, -0.15) is 0 Å². The summed E-state index contributed by atoms with van der Waals surface area (Å²) in [6.07, 6.45) is 3.13. The highest BCUT2D eigenvalue weighted by Gasteiger charge is 2.08. The molecule has 0 radical (unpaired) electrons. The van der Waals surface area contributed by atoms with Crippen LogP contribution >= 0.6 is 23.8 Å². The smallest absolute Gasteiger partial charge is 0.257 e. The number of anilines is 1. The van der Waals surface area contributed by atoms with Gasteiger partial charge in [0, 0.05) is 23.0 Å². The average Bonchev–Trinajstić information content (AvgIpc) is 2.39. The number of carbonyl (C=O) groups excluding carboxylic acids is 1. The molecule has 0 aliphatic rings. The molecule has 2 aromatic rings. The maximum absolute atomic E-state index is 11.9. The fourth-order valence-corrected chi connectivity index (χ4v) is 1.68. The van der Waals surface area contributed by atoms with Crippen molar-refractivity contribution in [1.29, 1.82) is 0 Å². The van der Waals surface area contributed by atoms with E-state index in [-0.39, 0.29) is 11.0 Å². The Bertz CT molecular complexity index is 606. The van der Waals surface area contributed by atoms with Crippen LogP contribution in [0.4, 0.5) is 5.95 Å². The van der Waals surface area contributed by atoms with Crippen molar-refractivity contribution >= 4 is 40.8 Å². The van der Waals surface area contributed by atoms with E-state index in [2.05, 4.69) is 20.6 Å². The molecule has 0 saturated heterocycles. The van der Waals surface area contributed by atoms with E-state index in [4.69, 9.17) is 23.8 Å². The number of aromatic nitrogens is 2. The van der Waals surface area contributed by atoms with Gasteiger partial charge in [-0.25, -0.2) is 9.97 Å². The Balaban J connectivity index is 1.98. The highest BCUT2D eigenvalue weighted by atomic mass is 35.5. The Hall–Kier alpha value is -2.05. The number of hydrogen-bond acceptors (Lipinski definition) is 4. The lowest BCUT2D eigenvalue weighted by Crippen LogP contribution is -2.34. The summed E-state index contributed by atoms with van der Waals surface area (Å²) in [6.45, 7) is 0. The zero-order valence-electron chi connectivity index (χ0n) is 9.63. The number of nitrogens with zero attached hydrogens (tertiary/aromatic N) is 2. The predicted molar refractivity (Wildman–Crippen MR) is 77.2 cm³/mol. The summed E-state index contributed by atoms with van der Waals surface area (Å²) in [6, 6.07) is 8.25. The van der Waals surface area contributed by atoms with Gasteiger partial charge in [0.15, 0.2) is 5.11 Å². The SMILES string of the molecule is O=C(NC(=S)Nc1ncccn1)c1cccc(Cl)c1. The standard InChI is InChI=1S/C12H9ClN4OS/c13-9-4-1-3-8(7-9)10(18)16-12(19)17-11-14-5-2-6-15-11/h1-7H,(H2,14,15,16,17,18,19). The van der Waals surface area contributed by atoms with Crippen LogP contribution in [0.1, 0.15) is 10.4 Å². The predicted octanol–water partition coefficient (Wildman–Crippen LogP) is 2.26. The minimum atomic E-state index is -0.351. The summed E-state index contributed by atoms with van der Waals surface area (Å²) in [5.41, 5.74) is 0.422. The van der Waals surface area contributed by atoms with E-state index in [1.165, 1.54) is 0 Å². The first kappa shape index (κ1) is 13.4. The first-order valence-corrected chi connectivity index (χ1v) is 6.09. The van der Waals surface area contributed by atoms with Gasteiger partial charge in [-0.3, -0.25) is 10.1 Å². The summed E-state index contributed by atoms with van der Waals surface area (Å²) >= 11 is 10.8. The van der Waals surface area contributed by atoms with Crippen LogP contribution in [0.15, 0.2) is 42.7 Å². The molecule has 5 nitrogen and oxygen atoms in total. The largest absolute Gasteiger partial charge is 0.301 e. The maximum Gasteiger partial charge on any atom is 0.257 e. The van der Waals surface area contributed by atoms with Gasteiger partial charge in [0.25, 0.3) is 5.91 Å². The summed E-state index contributed by atoms with van der Waals surface area (Å²) < 4.78 is 0. The van der Waals surface area contributed by atoms with E-state index in [9.17, 15) is 4.79 Å². The third-order valence-corrected chi connectivity index (χ3v) is 2.54. The second kappa shape index (κ2) is 6.21. The Morgan fingerprint density at radius 2 is 1.95 bits per heavy atom. The van der Waals surface area contributed by atoms with Crippen LogP contribution in [-0.4, -0.2) is 21.0 Å². The summed E-state index contributed by atoms with van der Waals surface area (Å²) in [7, 11) is 0. The minimum absolute atomic E-state index is 0.121. The van der Waals surface area contributed by atoms with Crippen LogP contribution in [0.5, 0.6) is 0 Å². The van der Waals surface area contributed by atoms with Crippen molar-refractivity contribution in [1.82, 2.24) is 15.3 Å². The Labute approximate surface area is 120 Å². The molecule has 0 atom stereocenters. The molecule has 2 rings (SSSR count). The van der Waals surface area contributed by atoms with E-state index >= 15 is 0 Å². The molecule has 96 valence electrons. The second-order valence-electron chi connectivity index (χ2n) is 3.49. The van der Waals surface area contributed by atoms with Gasteiger partial charge in [-0.05, 0) is 36.5 Å². The lowest BCUT2D eigenvalue weighted by Gasteiger charge is -2.07. The van der Waals surface area contributed by atoms with Gasteiger partial charge in [-0.15, -0.1) is 0 Å². The Kier molecular flexibility index (Phi) is 4.38. The van der Waals surface area contributed by atoms with Crippen LogP contribution in [0, 0.1) is 0 Å². The van der Waals surface area contributed by atoms with Crippen LogP contribution in [0.3, 0.4) is 0 Å². The molecule has 0 spiro atoms. The van der Waals surface area contributed by atoms with Crippen molar-refractivity contribution in [3.05, 3.63) is 53.3 Å². The molecule has 1 amide bonds. The topological polar surface area (TPSA) is 66.9 Å². The van der Waals surface area contributed by atoms with Crippen molar-refractivity contribution in [3.63, 3.8) is 0 Å². The van der Waals surface area contributed by atoms with Gasteiger partial charge < -0.3 is 5.32 Å². The second-order valence-corrected chi connectivity index (χ2v) is 4.34. The van der Waals surface area contributed by atoms with E-state index in [0.29, 0.717) is 16.5 Å². The van der Waals surface area contributed by atoms with Gasteiger partial charge >= 0.3 is 0 Å². The van der Waals surface area contributed by atoms with E-state index in [1.54, 1.807) is 42.7 Å². The number of thiocarbonyl (C=S) groups is 1. The molecule has 0 aliphatic heterocycles. The third kappa shape index (κ3) is 3.97. The fraction of sp³-hybridized carbons (Fsp3) is 0. The summed E-state index contributed by atoms with van der Waals surface area (Å²) in [5.74, 6) is -0.0326. The minimum Gasteiger partial charge on any atom is -0.301 e. The molecule has 0 unspecified atom stereocenters. The lowest BCUT2D eigenvalue weighted by atomic mass is 10.2. The van der Waals surface area contributed by atoms with Crippen LogP contribution in [0.25, 0.3) is 0 Å². The molecule has 7 heteroatoms. The highest BCUT2D eigenvalue weighted by Crippen LogP contribution is 2.10. The number of rotatable bonds is 2. The molecular formula is C12H9ClN4OS. The number of hydrogen-bond donors (Lipinski definition) is 2. The van der Waals surface area contributed by atoms with E-state index in [0.717, 1.165) is 0 Å². The molecular weight excluding hydrogens is 284 g/mol. The van der Waals surface area contributed by atoms with Crippen LogP contribution in [0.2, 0.25) is 5.02 Å². The lowest BCUT2D eigenvalue weighted by molar-refractivity contribution is 0.0977. The normalized spacial score (nSPS) is 9.74. The molecule has 2 N–H and O–H groups in total. The molecule has 0 bridgehead atoms. The van der Waals surface area contributed by atoms with Gasteiger partial charge in [-0.1, -0.05) is 17.7 Å². The number of nitrogens with one attached hydrogen (secondary N) is 2. The Morgan fingerprint density at radius 1 is 1.21 bits per heavy atom. The highest BCUT2D eigenvalue weighted by molar-refractivity contribution is 7.80. The summed E-state index contributed by atoms with van der Waals surface area (Å²) in [5, 5.41) is 5.82. The molecule has 1 heterocycles. The quantitative estimate of drug-likeness (QED) is 0.831. The molecule has 0 saturated carbocycles. The van der Waals surface area contributed by atoms with Crippen molar-refractivity contribution in [2.45, 2.75) is 0 Å². The first-order valence-electron chi connectivity index (χ1n) is 5.30. The third-order valence-electron chi connectivity index (χ3n) is 2.10. The Morgan fingerprint density at radius 3 is 2.63 bits per heavy atom. The van der Waals surface area contributed by atoms with Crippen LogP contribution in [-0.2, 0) is 0 Å². The van der Waals surface area contributed by atoms with Crippen LogP contribution < -0.4 is 10.6 Å². The molecule has 0 fully saturated rings. The van der Waals surface area contributed by atoms with E-state index in [1.807, 2.05) is 0 Å². The average molecular weight is 293 g/mol. The number of halogens is 1. The molecule has 0 aliphatic carbocycles. The summed E-state index contributed by atoms with van der Waals surface area (Å²) in [4.78, 5) is 19.7. The van der Waals surface area contributed by atoms with Gasteiger partial charge in [0.05, 0.1) is 0 Å². The van der Waals surface area contributed by atoms with Crippen molar-refractivity contribution < 1.29 is 4.79 Å².